The van der Waals surface area contributed by atoms with Crippen LogP contribution in [0.25, 0.3) is 66.5 Å². The Morgan fingerprint density at radius 3 is 1.21 bits per heavy atom. The molecule has 5 aliphatic carbocycles. The second-order valence-corrected chi connectivity index (χ2v) is 41.9. The number of fused-ring (bicyclic) bond motifs is 18. The van der Waals surface area contributed by atoms with Gasteiger partial charge >= 0.3 is 13.0 Å². The number of thiol groups is 2. The van der Waals surface area contributed by atoms with Crippen LogP contribution in [0.4, 0.5) is 17.6 Å². The molecule has 0 bridgehead atoms. The number of ketones is 3. The Morgan fingerprint density at radius 2 is 0.744 bits per heavy atom. The quantitative estimate of drug-likeness (QED) is 0.0593. The summed E-state index contributed by atoms with van der Waals surface area (Å²) in [5.74, 6) is -1.38. The zero-order valence-electron chi connectivity index (χ0n) is 74.5. The Morgan fingerprint density at radius 1 is 0.388 bits per heavy atom. The first kappa shape index (κ1) is 96.5. The molecule has 6 nitrogen and oxygen atoms in total. The summed E-state index contributed by atoms with van der Waals surface area (Å²) >= 11 is 34.1. The predicted molar refractivity (Wildman–Crippen MR) is 549 cm³/mol. The molecule has 3 heterocycles. The lowest BCUT2D eigenvalue weighted by molar-refractivity contribution is 0.00578. The Balaban J connectivity index is 0.000000122. The molecule has 14 aromatic rings. The fraction of sp³-hybridized carbons (Fsp3) is 0.229. The molecule has 2 aliphatic heterocycles. The van der Waals surface area contributed by atoms with Gasteiger partial charge in [0.2, 0.25) is 0 Å². The summed E-state index contributed by atoms with van der Waals surface area (Å²) < 4.78 is 74.6. The molecule has 1 spiro atoms. The van der Waals surface area contributed by atoms with E-state index in [1.807, 2.05) is 223 Å². The molecule has 0 saturated carbocycles. The normalized spacial score (nSPS) is 15.0. The standard InChI is InChI=1S/C21H23BF2O2.C17H15BrS2.C15H11BrF2.C15H11BrO.C15H12O.C15H14O.C9H5Cl2N.C2H6S2/c1-12-7-8-16-14(9-12)15-10-13(2)11-17(18(15)21(16,23)24)22-25-19(3,4)20(5,6)26-22;1-10-3-4-14-12(7-10)13-8-11(2)9-15(18)16(13)17(14)19-5-6-20-17;1-8-3-4-12-10(5-8)11-6-9(2)7-13(16)14(11)15(12,17)18;1-8-3-4-10-11(5-8)12-6-9(2)7-13(16)14(12)15(10)17;1-9-3-5-11-13(7-9)14-8-10(2)4-6-12(14)15(11)16;1-11-3-7-13(8-4-11)15(16)14-9-5-12(2)6-10-14;10-7-2-1-3-8-6(7)4-5-9(11)12-8;3-1-2-4/h7-11H,1-6H3;3-4,7-9H,5-6H2,1-2H3;3-7H,1-2H3;3-7H,1-2H3;3-8H,1-2H3;3-10H,1-2H3;1-5H;3-4H,1-2H2. The molecule has 21 rings (SSSR count). The Hall–Kier alpha value is -8.60. The van der Waals surface area contributed by atoms with Gasteiger partial charge in [0.25, 0.3) is 5.92 Å². The van der Waals surface area contributed by atoms with Crippen LogP contribution in [0.2, 0.25) is 10.2 Å². The van der Waals surface area contributed by atoms with Crippen LogP contribution in [0.15, 0.2) is 250 Å². The van der Waals surface area contributed by atoms with E-state index in [1.165, 1.54) is 89.3 Å². The number of benzene rings is 13. The smallest absolute Gasteiger partial charge is 0.399 e. The topological polar surface area (TPSA) is 82.6 Å². The van der Waals surface area contributed by atoms with Crippen LogP contribution in [0.3, 0.4) is 0 Å². The van der Waals surface area contributed by atoms with Crippen molar-refractivity contribution in [2.75, 3.05) is 23.0 Å². The van der Waals surface area contributed by atoms with Gasteiger partial charge in [0.15, 0.2) is 17.3 Å². The molecule has 129 heavy (non-hydrogen) atoms. The van der Waals surface area contributed by atoms with E-state index in [4.69, 9.17) is 32.5 Å². The van der Waals surface area contributed by atoms with Crippen molar-refractivity contribution in [1.29, 1.82) is 0 Å². The maximum absolute atomic E-state index is 15.4. The number of aryl methyl sites for hydroxylation is 12. The van der Waals surface area contributed by atoms with Crippen molar-refractivity contribution >= 4 is 161 Å². The van der Waals surface area contributed by atoms with Crippen LogP contribution in [0.5, 0.6) is 0 Å². The molecular formula is C109H97BBr3Cl2F4NO5S4. The number of hydrogen-bond donors (Lipinski definition) is 2. The molecule has 0 atom stereocenters. The van der Waals surface area contributed by atoms with E-state index >= 15 is 8.78 Å². The number of carbonyl (C=O) groups is 3. The molecule has 0 amide bonds. The first-order valence-corrected chi connectivity index (χ1v) is 48.8. The highest BCUT2D eigenvalue weighted by Gasteiger charge is 2.56. The van der Waals surface area contributed by atoms with Crippen molar-refractivity contribution < 1.29 is 41.3 Å². The average Bonchev–Trinajstić information content (AvgIpc) is 1.56. The SMILES string of the molecule is Cc1ccc(C(=O)c2ccc(C)cc2)cc1.Cc1ccc2c(c1)-c1cc(C)cc(B3OC(C)(C)C(C)(C)O3)c1C2(F)F.Cc1ccc2c(c1)-c1cc(C)cc(Br)c1C2(F)F.Cc1ccc2c(c1)-c1cc(C)cc(Br)c1C21SCCS1.Cc1ccc2c(c1)-c1cc(C)cc(Br)c1C2=O.Cc1ccc2c(c1)-c1cc(C)ccc1C2=O.Clc1ccc2c(Cl)cccc2n1.SCCS. The summed E-state index contributed by atoms with van der Waals surface area (Å²) in [7, 11) is -0.810. The van der Waals surface area contributed by atoms with Gasteiger partial charge in [-0.2, -0.15) is 42.8 Å². The molecule has 1 aromatic heterocycles. The number of alkyl halides is 4. The Labute approximate surface area is 809 Å². The third-order valence-electron chi connectivity index (χ3n) is 24.0. The van der Waals surface area contributed by atoms with Gasteiger partial charge in [0.05, 0.1) is 16.7 Å². The van der Waals surface area contributed by atoms with Crippen LogP contribution < -0.4 is 5.46 Å². The molecule has 20 heteroatoms. The summed E-state index contributed by atoms with van der Waals surface area (Å²) in [5.41, 5.74) is 31.4. The molecule has 2 saturated heterocycles. The molecule has 13 aromatic carbocycles. The van der Waals surface area contributed by atoms with Crippen molar-refractivity contribution in [3.05, 3.63) is 394 Å². The van der Waals surface area contributed by atoms with Gasteiger partial charge in [-0.25, -0.2) is 4.98 Å². The van der Waals surface area contributed by atoms with Gasteiger partial charge in [-0.15, -0.1) is 23.5 Å². The third-order valence-corrected chi connectivity index (χ3v) is 30.7. The summed E-state index contributed by atoms with van der Waals surface area (Å²) in [6.45, 7) is 32.0. The number of thioether (sulfide) groups is 2. The molecular weight excluding hydrogens is 1930 g/mol. The van der Waals surface area contributed by atoms with Crippen molar-refractivity contribution in [3.63, 3.8) is 0 Å². The van der Waals surface area contributed by atoms with Crippen LogP contribution in [-0.2, 0) is 25.2 Å². The monoisotopic (exact) mass is 2020 g/mol. The van der Waals surface area contributed by atoms with Gasteiger partial charge in [0, 0.05) is 96.5 Å². The predicted octanol–water partition coefficient (Wildman–Crippen LogP) is 31.4. The Kier molecular flexibility index (Phi) is 29.1. The zero-order chi connectivity index (χ0) is 93.0. The van der Waals surface area contributed by atoms with Gasteiger partial charge in [-0.3, -0.25) is 14.4 Å². The lowest BCUT2D eigenvalue weighted by Crippen LogP contribution is -2.41. The molecule has 2 fully saturated rings. The second kappa shape index (κ2) is 38.9. The maximum atomic E-state index is 15.4. The van der Waals surface area contributed by atoms with E-state index in [1.54, 1.807) is 30.3 Å². The first-order chi connectivity index (χ1) is 61.1. The second-order valence-electron chi connectivity index (χ2n) is 34.7. The fourth-order valence-electron chi connectivity index (χ4n) is 17.1. The summed E-state index contributed by atoms with van der Waals surface area (Å²) in [6.07, 6.45) is 0. The van der Waals surface area contributed by atoms with E-state index in [2.05, 4.69) is 184 Å². The lowest BCUT2D eigenvalue weighted by Gasteiger charge is -2.32. The minimum Gasteiger partial charge on any atom is -0.399 e. The highest BCUT2D eigenvalue weighted by molar-refractivity contribution is 9.11. The van der Waals surface area contributed by atoms with E-state index in [-0.39, 0.29) is 43.7 Å². The van der Waals surface area contributed by atoms with Gasteiger partial charge in [0.1, 0.15) is 9.23 Å². The minimum atomic E-state index is -3.06. The van der Waals surface area contributed by atoms with Crippen molar-refractivity contribution in [1.82, 2.24) is 4.98 Å². The number of carbonyl (C=O) groups excluding carboxylic acids is 3. The largest absolute Gasteiger partial charge is 0.495 e. The van der Waals surface area contributed by atoms with Crippen LogP contribution in [0, 0.1) is 83.1 Å². The van der Waals surface area contributed by atoms with Gasteiger partial charge < -0.3 is 9.31 Å². The number of hydrogen-bond acceptors (Lipinski definition) is 10. The van der Waals surface area contributed by atoms with E-state index in [0.717, 1.165) is 110 Å². The molecule has 0 unspecified atom stereocenters. The summed E-state index contributed by atoms with van der Waals surface area (Å²) in [6, 6.07) is 75.6. The average molecular weight is 2030 g/mol. The Bertz CT molecular complexity index is 6680. The molecule has 0 radical (unpaired) electrons. The van der Waals surface area contributed by atoms with Crippen LogP contribution >= 0.6 is 120 Å². The fourth-order valence-corrected chi connectivity index (χ4v) is 23.6. The van der Waals surface area contributed by atoms with Crippen molar-refractivity contribution in [2.45, 2.75) is 138 Å². The molecule has 7 aliphatic rings. The molecule has 658 valence electrons. The number of halogens is 9. The van der Waals surface area contributed by atoms with E-state index in [9.17, 15) is 23.2 Å². The van der Waals surface area contributed by atoms with E-state index in [0.29, 0.717) is 42.4 Å². The third kappa shape index (κ3) is 19.7. The molecule has 0 N–H and O–H groups in total. The zero-order valence-corrected chi connectivity index (χ0v) is 84.2. The number of rotatable bonds is 4. The minimum absolute atomic E-state index is 0.0159. The number of nitrogens with zero attached hydrogens (tertiary/aromatic N) is 1. The maximum Gasteiger partial charge on any atom is 0.495 e. The van der Waals surface area contributed by atoms with Gasteiger partial charge in [-0.05, 0) is 248 Å². The van der Waals surface area contributed by atoms with Crippen molar-refractivity contribution in [3.8, 4) is 55.6 Å². The highest BCUT2D eigenvalue weighted by atomic mass is 79.9. The highest BCUT2D eigenvalue weighted by Crippen LogP contribution is 2.66. The number of pyridine rings is 1. The summed E-state index contributed by atoms with van der Waals surface area (Å²) in [4.78, 5) is 40.6. The summed E-state index contributed by atoms with van der Waals surface area (Å²) in [5, 5.41) is 2.13. The van der Waals surface area contributed by atoms with Crippen LogP contribution in [0.1, 0.15) is 176 Å². The first-order valence-electron chi connectivity index (χ1n) is 42.4. The van der Waals surface area contributed by atoms with E-state index < -0.39 is 30.2 Å². The lowest BCUT2D eigenvalue weighted by atomic mass is 9.73. The van der Waals surface area contributed by atoms with Crippen molar-refractivity contribution in [2.24, 2.45) is 0 Å². The van der Waals surface area contributed by atoms with Gasteiger partial charge in [-0.1, -0.05) is 315 Å². The van der Waals surface area contributed by atoms with Crippen LogP contribution in [-0.4, -0.2) is 63.7 Å². The number of aromatic nitrogens is 1.